The summed E-state index contributed by atoms with van der Waals surface area (Å²) in [7, 11) is 0. The highest BCUT2D eigenvalue weighted by atomic mass is 32.1. The lowest BCUT2D eigenvalue weighted by molar-refractivity contribution is -0.137. The summed E-state index contributed by atoms with van der Waals surface area (Å²) < 4.78 is 5.75. The van der Waals surface area contributed by atoms with Crippen molar-refractivity contribution in [1.82, 2.24) is 10.6 Å². The number of hydrogen-bond acceptors (Lipinski definition) is 4. The highest BCUT2D eigenvalue weighted by Gasteiger charge is 2.42. The third kappa shape index (κ3) is 6.59. The third-order valence-electron chi connectivity index (χ3n) is 6.29. The van der Waals surface area contributed by atoms with Crippen LogP contribution in [0.15, 0.2) is 60.7 Å². The minimum atomic E-state index is -0.644. The van der Waals surface area contributed by atoms with Gasteiger partial charge in [0.2, 0.25) is 11.8 Å². The minimum Gasteiger partial charge on any atom is -0.379 e. The Morgan fingerprint density at radius 1 is 1.03 bits per heavy atom. The monoisotopic (exact) mass is 454 g/mol. The van der Waals surface area contributed by atoms with E-state index in [-0.39, 0.29) is 17.9 Å². The van der Waals surface area contributed by atoms with E-state index in [9.17, 15) is 9.59 Å². The largest absolute Gasteiger partial charge is 0.379 e. The standard InChI is InChI=1S/C26H34N2O3S/c1-2-31-22-13-15-26(19-32,16-14-22)25(30)28-23(17-20-9-5-3-6-10-20)24(29)27-18-21-11-7-4-8-12-21/h3-12,22-23,32H,2,13-19H2,1H3,(H,27,29)(H,28,30)/t22-,23-,26+/m0/s1. The van der Waals surface area contributed by atoms with Crippen LogP contribution in [0.3, 0.4) is 0 Å². The van der Waals surface area contributed by atoms with Crippen LogP contribution in [0, 0.1) is 5.41 Å². The summed E-state index contributed by atoms with van der Waals surface area (Å²) in [5.74, 6) is 0.197. The molecule has 1 aliphatic rings. The van der Waals surface area contributed by atoms with E-state index in [2.05, 4.69) is 23.3 Å². The van der Waals surface area contributed by atoms with E-state index < -0.39 is 11.5 Å². The molecule has 0 unspecified atom stereocenters. The zero-order valence-corrected chi connectivity index (χ0v) is 19.7. The number of carbonyl (C=O) groups excluding carboxylic acids is 2. The fraction of sp³-hybridized carbons (Fsp3) is 0.462. The Labute approximate surface area is 196 Å². The van der Waals surface area contributed by atoms with Gasteiger partial charge in [0, 0.05) is 25.3 Å². The highest BCUT2D eigenvalue weighted by molar-refractivity contribution is 7.80. The van der Waals surface area contributed by atoms with Crippen molar-refractivity contribution in [2.45, 2.75) is 57.7 Å². The van der Waals surface area contributed by atoms with Gasteiger partial charge in [-0.1, -0.05) is 60.7 Å². The van der Waals surface area contributed by atoms with Crippen LogP contribution in [0.5, 0.6) is 0 Å². The first-order valence-corrected chi connectivity index (χ1v) is 12.1. The number of benzene rings is 2. The fourth-order valence-corrected chi connectivity index (χ4v) is 4.74. The number of amides is 2. The lowest BCUT2D eigenvalue weighted by atomic mass is 9.73. The molecule has 5 nitrogen and oxygen atoms in total. The molecule has 0 aromatic heterocycles. The van der Waals surface area contributed by atoms with Crippen LogP contribution in [-0.2, 0) is 27.3 Å². The second kappa shape index (κ2) is 12.1. The van der Waals surface area contributed by atoms with E-state index in [0.29, 0.717) is 25.3 Å². The van der Waals surface area contributed by atoms with Gasteiger partial charge in [0.15, 0.2) is 0 Å². The molecule has 0 aliphatic heterocycles. The van der Waals surface area contributed by atoms with Crippen LogP contribution in [0.2, 0.25) is 0 Å². The molecule has 1 aliphatic carbocycles. The molecule has 2 aromatic carbocycles. The van der Waals surface area contributed by atoms with Crippen molar-refractivity contribution in [2.24, 2.45) is 5.41 Å². The van der Waals surface area contributed by atoms with Gasteiger partial charge in [-0.15, -0.1) is 0 Å². The van der Waals surface area contributed by atoms with Crippen LogP contribution in [-0.4, -0.2) is 36.3 Å². The van der Waals surface area contributed by atoms with Crippen molar-refractivity contribution in [1.29, 1.82) is 0 Å². The van der Waals surface area contributed by atoms with Gasteiger partial charge in [-0.2, -0.15) is 12.6 Å². The Morgan fingerprint density at radius 3 is 2.19 bits per heavy atom. The molecule has 2 amide bonds. The van der Waals surface area contributed by atoms with Gasteiger partial charge in [-0.05, 0) is 43.7 Å². The molecule has 1 saturated carbocycles. The molecule has 2 aromatic rings. The summed E-state index contributed by atoms with van der Waals surface area (Å²) in [6.07, 6.45) is 3.76. The molecule has 0 bridgehead atoms. The summed E-state index contributed by atoms with van der Waals surface area (Å²) in [5.41, 5.74) is 1.46. The average Bonchev–Trinajstić information content (AvgIpc) is 2.84. The number of nitrogens with one attached hydrogen (secondary N) is 2. The Kier molecular flexibility index (Phi) is 9.18. The maximum Gasteiger partial charge on any atom is 0.243 e. The van der Waals surface area contributed by atoms with Crippen LogP contribution in [0.25, 0.3) is 0 Å². The molecule has 32 heavy (non-hydrogen) atoms. The topological polar surface area (TPSA) is 67.4 Å². The molecule has 0 heterocycles. The predicted molar refractivity (Wildman–Crippen MR) is 131 cm³/mol. The summed E-state index contributed by atoms with van der Waals surface area (Å²) >= 11 is 4.53. The molecular weight excluding hydrogens is 420 g/mol. The lowest BCUT2D eigenvalue weighted by Crippen LogP contribution is -2.54. The van der Waals surface area contributed by atoms with Gasteiger partial charge in [0.25, 0.3) is 0 Å². The second-order valence-corrected chi connectivity index (χ2v) is 8.83. The maximum absolute atomic E-state index is 13.4. The van der Waals surface area contributed by atoms with Crippen molar-refractivity contribution in [3.05, 3.63) is 71.8 Å². The van der Waals surface area contributed by atoms with Crippen molar-refractivity contribution in [2.75, 3.05) is 12.4 Å². The smallest absolute Gasteiger partial charge is 0.243 e. The highest BCUT2D eigenvalue weighted by Crippen LogP contribution is 2.38. The zero-order valence-electron chi connectivity index (χ0n) is 18.8. The first kappa shape index (κ1) is 24.3. The first-order valence-electron chi connectivity index (χ1n) is 11.5. The Balaban J connectivity index is 1.69. The third-order valence-corrected chi connectivity index (χ3v) is 6.90. The molecule has 1 fully saturated rings. The maximum atomic E-state index is 13.4. The summed E-state index contributed by atoms with van der Waals surface area (Å²) in [6, 6.07) is 18.9. The normalized spacial score (nSPS) is 21.5. The average molecular weight is 455 g/mol. The van der Waals surface area contributed by atoms with Gasteiger partial charge in [-0.25, -0.2) is 0 Å². The van der Waals surface area contributed by atoms with Crippen LogP contribution >= 0.6 is 12.6 Å². The van der Waals surface area contributed by atoms with Crippen LogP contribution in [0.4, 0.5) is 0 Å². The molecular formula is C26H34N2O3S. The van der Waals surface area contributed by atoms with E-state index in [1.165, 1.54) is 0 Å². The summed E-state index contributed by atoms with van der Waals surface area (Å²) in [6.45, 7) is 3.11. The molecule has 3 rings (SSSR count). The SMILES string of the molecule is CCO[C@H]1CC[C@@](CS)(C(=O)N[C@@H](Cc2ccccc2)C(=O)NCc2ccccc2)CC1. The second-order valence-electron chi connectivity index (χ2n) is 8.51. The van der Waals surface area contributed by atoms with E-state index in [1.807, 2.05) is 67.6 Å². The molecule has 6 heteroatoms. The molecule has 0 spiro atoms. The summed E-state index contributed by atoms with van der Waals surface area (Å²) in [4.78, 5) is 26.5. The minimum absolute atomic E-state index is 0.0850. The lowest BCUT2D eigenvalue weighted by Gasteiger charge is -2.38. The summed E-state index contributed by atoms with van der Waals surface area (Å²) in [5, 5.41) is 6.06. The van der Waals surface area contributed by atoms with Crippen LogP contribution in [0.1, 0.15) is 43.7 Å². The van der Waals surface area contributed by atoms with Crippen molar-refractivity contribution < 1.29 is 14.3 Å². The van der Waals surface area contributed by atoms with Gasteiger partial charge < -0.3 is 15.4 Å². The van der Waals surface area contributed by atoms with E-state index in [1.54, 1.807) is 0 Å². The Bertz CT molecular complexity index is 852. The quantitative estimate of drug-likeness (QED) is 0.477. The van der Waals surface area contributed by atoms with Crippen molar-refractivity contribution in [3.8, 4) is 0 Å². The first-order chi connectivity index (χ1) is 15.6. The predicted octanol–water partition coefficient (Wildman–Crippen LogP) is 3.93. The van der Waals surface area contributed by atoms with Gasteiger partial charge >= 0.3 is 0 Å². The number of ether oxygens (including phenoxy) is 1. The number of thiol groups is 1. The van der Waals surface area contributed by atoms with Gasteiger partial charge in [-0.3, -0.25) is 9.59 Å². The van der Waals surface area contributed by atoms with E-state index in [4.69, 9.17) is 4.74 Å². The Hall–Kier alpha value is -2.31. The number of hydrogen-bond donors (Lipinski definition) is 3. The number of carbonyl (C=O) groups is 2. The Morgan fingerprint density at radius 2 is 1.62 bits per heavy atom. The van der Waals surface area contributed by atoms with Crippen molar-refractivity contribution >= 4 is 24.4 Å². The fourth-order valence-electron chi connectivity index (χ4n) is 4.28. The van der Waals surface area contributed by atoms with Gasteiger partial charge in [0.1, 0.15) is 6.04 Å². The van der Waals surface area contributed by atoms with E-state index >= 15 is 0 Å². The van der Waals surface area contributed by atoms with Crippen molar-refractivity contribution in [3.63, 3.8) is 0 Å². The van der Waals surface area contributed by atoms with Crippen LogP contribution < -0.4 is 10.6 Å². The van der Waals surface area contributed by atoms with E-state index in [0.717, 1.165) is 36.8 Å². The molecule has 1 atom stereocenters. The zero-order chi connectivity index (χ0) is 22.8. The molecule has 0 saturated heterocycles. The molecule has 0 radical (unpaired) electrons. The molecule has 2 N–H and O–H groups in total. The van der Waals surface area contributed by atoms with Gasteiger partial charge in [0.05, 0.1) is 11.5 Å². The molecule has 172 valence electrons. The number of rotatable bonds is 10.